The summed E-state index contributed by atoms with van der Waals surface area (Å²) in [5.74, 6) is -0.983. The minimum atomic E-state index is -0.983. The molecule has 0 saturated heterocycles. The zero-order chi connectivity index (χ0) is 9.84. The summed E-state index contributed by atoms with van der Waals surface area (Å²) in [6, 6.07) is 2.77. The standard InChI is InChI=1S/C9H12N2O2.2ClH/c1-6-7(3-2-4-11-6)5-8(10)9(12)13;;/h2-4,8H,5,10H2,1H3,(H,12,13);2*1H. The molecule has 3 N–H and O–H groups in total. The molecule has 1 unspecified atom stereocenters. The normalized spacial score (nSPS) is 10.8. The summed E-state index contributed by atoms with van der Waals surface area (Å²) in [6.07, 6.45) is 2.00. The van der Waals surface area contributed by atoms with Gasteiger partial charge in [0.05, 0.1) is 0 Å². The molecule has 0 radical (unpaired) electrons. The van der Waals surface area contributed by atoms with E-state index >= 15 is 0 Å². The van der Waals surface area contributed by atoms with Gasteiger partial charge in [0.25, 0.3) is 0 Å². The van der Waals surface area contributed by atoms with Crippen molar-refractivity contribution in [2.45, 2.75) is 19.4 Å². The Bertz CT molecular complexity index is 321. The summed E-state index contributed by atoms with van der Waals surface area (Å²) in [5, 5.41) is 8.59. The molecule has 0 aliphatic rings. The molecule has 0 amide bonds. The van der Waals surface area contributed by atoms with Crippen molar-refractivity contribution in [1.82, 2.24) is 4.98 Å². The van der Waals surface area contributed by atoms with E-state index in [-0.39, 0.29) is 24.8 Å². The molecule has 0 fully saturated rings. The van der Waals surface area contributed by atoms with Gasteiger partial charge < -0.3 is 10.8 Å². The average Bonchev–Trinajstić information content (AvgIpc) is 2.08. The van der Waals surface area contributed by atoms with E-state index in [9.17, 15) is 4.79 Å². The summed E-state index contributed by atoms with van der Waals surface area (Å²) < 4.78 is 0. The highest BCUT2D eigenvalue weighted by atomic mass is 35.5. The van der Waals surface area contributed by atoms with Gasteiger partial charge in [-0.1, -0.05) is 6.07 Å². The van der Waals surface area contributed by atoms with E-state index < -0.39 is 12.0 Å². The second-order valence-corrected chi connectivity index (χ2v) is 2.90. The molecule has 15 heavy (non-hydrogen) atoms. The fraction of sp³-hybridized carbons (Fsp3) is 0.333. The minimum absolute atomic E-state index is 0. The van der Waals surface area contributed by atoms with Gasteiger partial charge in [-0.15, -0.1) is 24.8 Å². The summed E-state index contributed by atoms with van der Waals surface area (Å²) in [7, 11) is 0. The molecule has 1 heterocycles. The number of carboxylic acid groups (broad SMARTS) is 1. The molecule has 0 bridgehead atoms. The predicted molar refractivity (Wildman–Crippen MR) is 62.8 cm³/mol. The first kappa shape index (κ1) is 16.6. The summed E-state index contributed by atoms with van der Waals surface area (Å²) >= 11 is 0. The lowest BCUT2D eigenvalue weighted by Crippen LogP contribution is -2.32. The lowest BCUT2D eigenvalue weighted by atomic mass is 10.1. The number of aromatic nitrogens is 1. The molecule has 86 valence electrons. The van der Waals surface area contributed by atoms with Crippen LogP contribution in [0.5, 0.6) is 0 Å². The van der Waals surface area contributed by atoms with Crippen LogP contribution in [0, 0.1) is 6.92 Å². The fourth-order valence-electron chi connectivity index (χ4n) is 1.06. The Morgan fingerprint density at radius 2 is 2.20 bits per heavy atom. The highest BCUT2D eigenvalue weighted by Gasteiger charge is 2.13. The molecular weight excluding hydrogens is 239 g/mol. The Balaban J connectivity index is 0. The van der Waals surface area contributed by atoms with Gasteiger partial charge in [-0.05, 0) is 18.6 Å². The number of nitrogens with zero attached hydrogens (tertiary/aromatic N) is 1. The molecule has 0 saturated carbocycles. The first-order chi connectivity index (χ1) is 6.11. The van der Waals surface area contributed by atoms with Gasteiger partial charge >= 0.3 is 5.97 Å². The van der Waals surface area contributed by atoms with Gasteiger partial charge in [0.15, 0.2) is 0 Å². The number of aliphatic carboxylic acids is 1. The van der Waals surface area contributed by atoms with Crippen LogP contribution in [0.15, 0.2) is 18.3 Å². The molecule has 0 aromatic carbocycles. The number of pyridine rings is 1. The number of hydrogen-bond acceptors (Lipinski definition) is 3. The molecule has 1 aromatic heterocycles. The number of hydrogen-bond donors (Lipinski definition) is 2. The third-order valence-electron chi connectivity index (χ3n) is 1.87. The quantitative estimate of drug-likeness (QED) is 0.848. The monoisotopic (exact) mass is 252 g/mol. The second-order valence-electron chi connectivity index (χ2n) is 2.90. The maximum absolute atomic E-state index is 10.5. The highest BCUT2D eigenvalue weighted by Crippen LogP contribution is 2.05. The van der Waals surface area contributed by atoms with Crippen molar-refractivity contribution in [3.63, 3.8) is 0 Å². The maximum Gasteiger partial charge on any atom is 0.320 e. The van der Waals surface area contributed by atoms with Crippen LogP contribution in [0.1, 0.15) is 11.3 Å². The van der Waals surface area contributed by atoms with E-state index in [2.05, 4.69) is 4.98 Å². The Morgan fingerprint density at radius 1 is 1.60 bits per heavy atom. The zero-order valence-corrected chi connectivity index (χ0v) is 9.85. The molecule has 0 aliphatic carbocycles. The molecule has 4 nitrogen and oxygen atoms in total. The van der Waals surface area contributed by atoms with E-state index in [1.54, 1.807) is 12.3 Å². The number of carboxylic acids is 1. The van der Waals surface area contributed by atoms with Gasteiger partial charge in [-0.25, -0.2) is 0 Å². The van der Waals surface area contributed by atoms with Crippen molar-refractivity contribution >= 4 is 30.8 Å². The predicted octanol–water partition coefficient (Wildman–Crippen LogP) is 1.19. The lowest BCUT2D eigenvalue weighted by Gasteiger charge is -2.07. The van der Waals surface area contributed by atoms with Crippen molar-refractivity contribution < 1.29 is 9.90 Å². The SMILES string of the molecule is Cc1ncccc1CC(N)C(=O)O.Cl.Cl. The maximum atomic E-state index is 10.5. The van der Waals surface area contributed by atoms with Crippen molar-refractivity contribution in [3.05, 3.63) is 29.6 Å². The Morgan fingerprint density at radius 3 is 2.67 bits per heavy atom. The van der Waals surface area contributed by atoms with E-state index in [0.717, 1.165) is 11.3 Å². The van der Waals surface area contributed by atoms with Crippen LogP contribution in [-0.4, -0.2) is 22.1 Å². The number of aryl methyl sites for hydroxylation is 1. The van der Waals surface area contributed by atoms with E-state index in [1.807, 2.05) is 13.0 Å². The highest BCUT2D eigenvalue weighted by molar-refractivity contribution is 5.85. The number of carbonyl (C=O) groups is 1. The number of rotatable bonds is 3. The summed E-state index contributed by atoms with van der Waals surface area (Å²) in [4.78, 5) is 14.5. The topological polar surface area (TPSA) is 76.2 Å². The van der Waals surface area contributed by atoms with Crippen LogP contribution in [0.2, 0.25) is 0 Å². The number of halogens is 2. The number of nitrogens with two attached hydrogens (primary N) is 1. The van der Waals surface area contributed by atoms with E-state index in [4.69, 9.17) is 10.8 Å². The van der Waals surface area contributed by atoms with Crippen molar-refractivity contribution in [3.8, 4) is 0 Å². The van der Waals surface area contributed by atoms with Crippen LogP contribution in [0.4, 0.5) is 0 Å². The largest absolute Gasteiger partial charge is 0.480 e. The second kappa shape index (κ2) is 7.45. The molecule has 0 aliphatic heterocycles. The molecular formula is C9H14Cl2N2O2. The first-order valence-corrected chi connectivity index (χ1v) is 4.00. The Hall–Kier alpha value is -0.840. The van der Waals surface area contributed by atoms with Gasteiger partial charge in [-0.3, -0.25) is 9.78 Å². The van der Waals surface area contributed by atoms with Crippen LogP contribution in [0.3, 0.4) is 0 Å². The molecule has 1 rings (SSSR count). The third kappa shape index (κ3) is 4.97. The Labute approximate surface area is 101 Å². The van der Waals surface area contributed by atoms with Crippen LogP contribution in [0.25, 0.3) is 0 Å². The van der Waals surface area contributed by atoms with Gasteiger partial charge in [-0.2, -0.15) is 0 Å². The van der Waals surface area contributed by atoms with Crippen molar-refractivity contribution in [1.29, 1.82) is 0 Å². The van der Waals surface area contributed by atoms with Gasteiger partial charge in [0.2, 0.25) is 0 Å². The van der Waals surface area contributed by atoms with Crippen molar-refractivity contribution in [2.24, 2.45) is 5.73 Å². The average molecular weight is 253 g/mol. The van der Waals surface area contributed by atoms with E-state index in [0.29, 0.717) is 6.42 Å². The third-order valence-corrected chi connectivity index (χ3v) is 1.87. The zero-order valence-electron chi connectivity index (χ0n) is 8.21. The minimum Gasteiger partial charge on any atom is -0.480 e. The molecule has 6 heteroatoms. The van der Waals surface area contributed by atoms with Crippen LogP contribution < -0.4 is 5.73 Å². The molecule has 1 aromatic rings. The first-order valence-electron chi connectivity index (χ1n) is 4.00. The van der Waals surface area contributed by atoms with Crippen LogP contribution >= 0.6 is 24.8 Å². The molecule has 0 spiro atoms. The Kier molecular flexibility index (Phi) is 8.24. The van der Waals surface area contributed by atoms with Gasteiger partial charge in [0.1, 0.15) is 6.04 Å². The lowest BCUT2D eigenvalue weighted by molar-refractivity contribution is -0.138. The van der Waals surface area contributed by atoms with Crippen molar-refractivity contribution in [2.75, 3.05) is 0 Å². The summed E-state index contributed by atoms with van der Waals surface area (Å²) in [5.41, 5.74) is 7.11. The van der Waals surface area contributed by atoms with Gasteiger partial charge in [0, 0.05) is 18.3 Å². The van der Waals surface area contributed by atoms with Crippen LogP contribution in [-0.2, 0) is 11.2 Å². The smallest absolute Gasteiger partial charge is 0.320 e. The van der Waals surface area contributed by atoms with E-state index in [1.165, 1.54) is 0 Å². The molecule has 1 atom stereocenters. The summed E-state index contributed by atoms with van der Waals surface area (Å²) in [6.45, 7) is 1.84. The fourth-order valence-corrected chi connectivity index (χ4v) is 1.06.